The van der Waals surface area contributed by atoms with Gasteiger partial charge in [0.1, 0.15) is 0 Å². The molecule has 1 aliphatic rings. The normalized spacial score (nSPS) is 20.4. The molecule has 1 atom stereocenters. The number of carbonyl (C=O) groups is 1. The lowest BCUT2D eigenvalue weighted by Gasteiger charge is -2.33. The van der Waals surface area contributed by atoms with Gasteiger partial charge in [-0.05, 0) is 24.6 Å². The maximum absolute atomic E-state index is 12.4. The van der Waals surface area contributed by atoms with E-state index in [-0.39, 0.29) is 5.91 Å². The first-order chi connectivity index (χ1) is 8.22. The Labute approximate surface area is 111 Å². The number of hydrogen-bond donors (Lipinski definition) is 0. The first-order valence-corrected chi connectivity index (χ1v) is 7.45. The fraction of sp³-hybridized carbons (Fsp3) is 0.462. The van der Waals surface area contributed by atoms with E-state index in [1.807, 2.05) is 40.9 Å². The lowest BCUT2D eigenvalue weighted by atomic mass is 10.1. The zero-order valence-corrected chi connectivity index (χ0v) is 11.4. The smallest absolute Gasteiger partial charge is 0.254 e. The fourth-order valence-corrected chi connectivity index (χ4v) is 3.16. The number of carbonyl (C=O) groups excluding carboxylic acids is 1. The molecule has 1 saturated heterocycles. The molecular formula is C13H16ClNOS. The van der Waals surface area contributed by atoms with E-state index < -0.39 is 0 Å². The Morgan fingerprint density at radius 2 is 2.41 bits per heavy atom. The molecule has 2 rings (SSSR count). The van der Waals surface area contributed by atoms with Gasteiger partial charge in [-0.1, -0.05) is 12.1 Å². The number of alkyl halides is 1. The summed E-state index contributed by atoms with van der Waals surface area (Å²) in [5.74, 6) is 2.64. The summed E-state index contributed by atoms with van der Waals surface area (Å²) in [4.78, 5) is 14.3. The second kappa shape index (κ2) is 5.78. The van der Waals surface area contributed by atoms with Gasteiger partial charge in [-0.15, -0.1) is 11.6 Å². The van der Waals surface area contributed by atoms with Crippen LogP contribution in [0.5, 0.6) is 0 Å². The van der Waals surface area contributed by atoms with Gasteiger partial charge >= 0.3 is 0 Å². The summed E-state index contributed by atoms with van der Waals surface area (Å²) in [6, 6.07) is 7.92. The average Bonchev–Trinajstić information content (AvgIpc) is 2.38. The molecule has 1 fully saturated rings. The summed E-state index contributed by atoms with van der Waals surface area (Å²) < 4.78 is 0. The molecule has 1 heterocycles. The number of thioether (sulfide) groups is 1. The van der Waals surface area contributed by atoms with Gasteiger partial charge < -0.3 is 4.90 Å². The van der Waals surface area contributed by atoms with E-state index in [4.69, 9.17) is 11.6 Å². The summed E-state index contributed by atoms with van der Waals surface area (Å²) in [6.45, 7) is 2.95. The van der Waals surface area contributed by atoms with Crippen molar-refractivity contribution in [2.24, 2.45) is 0 Å². The maximum Gasteiger partial charge on any atom is 0.254 e. The molecule has 4 heteroatoms. The second-order valence-electron chi connectivity index (χ2n) is 4.26. The molecule has 1 aliphatic heterocycles. The Morgan fingerprint density at radius 3 is 3.12 bits per heavy atom. The van der Waals surface area contributed by atoms with E-state index >= 15 is 0 Å². The van der Waals surface area contributed by atoms with Crippen LogP contribution in [0.3, 0.4) is 0 Å². The number of benzene rings is 1. The van der Waals surface area contributed by atoms with E-state index in [2.05, 4.69) is 6.92 Å². The molecule has 0 spiro atoms. The quantitative estimate of drug-likeness (QED) is 0.770. The maximum atomic E-state index is 12.4. The number of halogens is 1. The number of nitrogens with zero attached hydrogens (tertiary/aromatic N) is 1. The van der Waals surface area contributed by atoms with Crippen molar-refractivity contribution in [2.45, 2.75) is 18.8 Å². The van der Waals surface area contributed by atoms with Crippen LogP contribution in [0.15, 0.2) is 24.3 Å². The van der Waals surface area contributed by atoms with Crippen LogP contribution in [-0.2, 0) is 5.88 Å². The van der Waals surface area contributed by atoms with Crippen molar-refractivity contribution in [1.29, 1.82) is 0 Å². The second-order valence-corrected chi connectivity index (χ2v) is 5.67. The summed E-state index contributed by atoms with van der Waals surface area (Å²) >= 11 is 7.70. The van der Waals surface area contributed by atoms with Crippen LogP contribution in [-0.4, -0.2) is 34.9 Å². The zero-order valence-electron chi connectivity index (χ0n) is 9.86. The highest BCUT2D eigenvalue weighted by Gasteiger charge is 2.24. The topological polar surface area (TPSA) is 20.3 Å². The Kier molecular flexibility index (Phi) is 4.35. The van der Waals surface area contributed by atoms with Crippen LogP contribution in [0.2, 0.25) is 0 Å². The lowest BCUT2D eigenvalue weighted by molar-refractivity contribution is 0.0716. The van der Waals surface area contributed by atoms with Gasteiger partial charge in [0.15, 0.2) is 0 Å². The first kappa shape index (κ1) is 12.8. The van der Waals surface area contributed by atoms with Crippen molar-refractivity contribution < 1.29 is 4.79 Å². The van der Waals surface area contributed by atoms with Crippen molar-refractivity contribution in [2.75, 3.05) is 18.1 Å². The van der Waals surface area contributed by atoms with E-state index in [9.17, 15) is 4.79 Å². The number of rotatable bonds is 2. The summed E-state index contributed by atoms with van der Waals surface area (Å²) in [7, 11) is 0. The lowest BCUT2D eigenvalue weighted by Crippen LogP contribution is -2.44. The van der Waals surface area contributed by atoms with Crippen LogP contribution in [0.4, 0.5) is 0 Å². The molecule has 0 bridgehead atoms. The minimum absolute atomic E-state index is 0.129. The SMILES string of the molecule is CC1CSCCN1C(=O)c1cccc(CCl)c1. The summed E-state index contributed by atoms with van der Waals surface area (Å²) in [5, 5.41) is 0. The van der Waals surface area contributed by atoms with Crippen LogP contribution < -0.4 is 0 Å². The monoisotopic (exact) mass is 269 g/mol. The molecule has 0 aliphatic carbocycles. The van der Waals surface area contributed by atoms with Crippen LogP contribution in [0.1, 0.15) is 22.8 Å². The van der Waals surface area contributed by atoms with Gasteiger partial charge in [0.05, 0.1) is 0 Å². The third kappa shape index (κ3) is 2.96. The molecule has 1 amide bonds. The molecular weight excluding hydrogens is 254 g/mol. The molecule has 0 saturated carbocycles. The molecule has 92 valence electrons. The van der Waals surface area contributed by atoms with Crippen LogP contribution in [0, 0.1) is 0 Å². The third-order valence-electron chi connectivity index (χ3n) is 2.96. The van der Waals surface area contributed by atoms with Gasteiger partial charge in [-0.2, -0.15) is 11.8 Å². The van der Waals surface area contributed by atoms with Gasteiger partial charge in [-0.25, -0.2) is 0 Å². The average molecular weight is 270 g/mol. The van der Waals surface area contributed by atoms with Crippen LogP contribution in [0.25, 0.3) is 0 Å². The highest BCUT2D eigenvalue weighted by Crippen LogP contribution is 2.19. The predicted octanol–water partition coefficient (Wildman–Crippen LogP) is 3.00. The highest BCUT2D eigenvalue weighted by molar-refractivity contribution is 7.99. The molecule has 2 nitrogen and oxygen atoms in total. The Hall–Kier alpha value is -0.670. The number of amides is 1. The van der Waals surface area contributed by atoms with E-state index in [0.717, 1.165) is 29.2 Å². The summed E-state index contributed by atoms with van der Waals surface area (Å²) in [6.07, 6.45) is 0. The van der Waals surface area contributed by atoms with Gasteiger partial charge in [0.25, 0.3) is 5.91 Å². The van der Waals surface area contributed by atoms with Gasteiger partial charge in [0.2, 0.25) is 0 Å². The zero-order chi connectivity index (χ0) is 12.3. The minimum atomic E-state index is 0.129. The molecule has 1 unspecified atom stereocenters. The fourth-order valence-electron chi connectivity index (χ4n) is 1.98. The third-order valence-corrected chi connectivity index (χ3v) is 4.45. The Morgan fingerprint density at radius 1 is 1.59 bits per heavy atom. The van der Waals surface area contributed by atoms with Gasteiger partial charge in [-0.3, -0.25) is 4.79 Å². The van der Waals surface area contributed by atoms with Crippen LogP contribution >= 0.6 is 23.4 Å². The van der Waals surface area contributed by atoms with Crippen molar-refractivity contribution in [1.82, 2.24) is 4.90 Å². The van der Waals surface area contributed by atoms with Gasteiger partial charge in [0, 0.05) is 35.5 Å². The Balaban J connectivity index is 2.17. The molecule has 0 N–H and O–H groups in total. The molecule has 0 radical (unpaired) electrons. The molecule has 17 heavy (non-hydrogen) atoms. The van der Waals surface area contributed by atoms with Crippen molar-refractivity contribution in [3.8, 4) is 0 Å². The van der Waals surface area contributed by atoms with Crippen molar-refractivity contribution >= 4 is 29.3 Å². The van der Waals surface area contributed by atoms with E-state index in [0.29, 0.717) is 11.9 Å². The number of hydrogen-bond acceptors (Lipinski definition) is 2. The first-order valence-electron chi connectivity index (χ1n) is 5.76. The largest absolute Gasteiger partial charge is 0.334 e. The van der Waals surface area contributed by atoms with Crippen molar-refractivity contribution in [3.63, 3.8) is 0 Å². The summed E-state index contributed by atoms with van der Waals surface area (Å²) in [5.41, 5.74) is 1.75. The van der Waals surface area contributed by atoms with E-state index in [1.165, 1.54) is 0 Å². The molecule has 0 aromatic heterocycles. The van der Waals surface area contributed by atoms with E-state index in [1.54, 1.807) is 0 Å². The Bertz CT molecular complexity index is 410. The van der Waals surface area contributed by atoms with Crippen molar-refractivity contribution in [3.05, 3.63) is 35.4 Å². The minimum Gasteiger partial charge on any atom is -0.334 e. The molecule has 1 aromatic carbocycles. The predicted molar refractivity (Wildman–Crippen MR) is 73.8 cm³/mol. The molecule has 1 aromatic rings. The highest BCUT2D eigenvalue weighted by atomic mass is 35.5. The standard InChI is InChI=1S/C13H16ClNOS/c1-10-9-17-6-5-15(10)13(16)12-4-2-3-11(7-12)8-14/h2-4,7,10H,5-6,8-9H2,1H3.